The molecule has 3 fully saturated rings. The van der Waals surface area contributed by atoms with Gasteiger partial charge in [-0.25, -0.2) is 0 Å². The van der Waals surface area contributed by atoms with Crippen molar-refractivity contribution < 1.29 is 4.79 Å². The molecule has 32 heavy (non-hydrogen) atoms. The molecule has 0 atom stereocenters. The third-order valence-corrected chi connectivity index (χ3v) is 8.53. The van der Waals surface area contributed by atoms with Gasteiger partial charge in [0.15, 0.2) is 0 Å². The summed E-state index contributed by atoms with van der Waals surface area (Å²) in [5.41, 5.74) is 2.42. The van der Waals surface area contributed by atoms with Crippen LogP contribution in [-0.4, -0.2) is 38.8 Å². The summed E-state index contributed by atoms with van der Waals surface area (Å²) < 4.78 is 2.33. The van der Waals surface area contributed by atoms with E-state index in [1.54, 1.807) is 9.47 Å². The lowest BCUT2D eigenvalue weighted by atomic mass is 9.97. The van der Waals surface area contributed by atoms with E-state index in [9.17, 15) is 9.59 Å². The van der Waals surface area contributed by atoms with Gasteiger partial charge in [-0.2, -0.15) is 0 Å². The molecule has 3 heterocycles. The van der Waals surface area contributed by atoms with Crippen LogP contribution in [0.4, 0.5) is 5.69 Å². The summed E-state index contributed by atoms with van der Waals surface area (Å²) in [6.07, 6.45) is 8.33. The summed E-state index contributed by atoms with van der Waals surface area (Å²) in [7, 11) is 1.81. The van der Waals surface area contributed by atoms with Crippen molar-refractivity contribution in [1.82, 2.24) is 9.47 Å². The zero-order valence-electron chi connectivity index (χ0n) is 18.7. The molecule has 1 aliphatic carbocycles. The number of piperidine rings is 1. The van der Waals surface area contributed by atoms with Crippen LogP contribution < -0.4 is 10.5 Å². The Labute approximate surface area is 198 Å². The Kier molecular flexibility index (Phi) is 5.88. The zero-order chi connectivity index (χ0) is 22.4. The average molecular weight is 468 g/mol. The summed E-state index contributed by atoms with van der Waals surface area (Å²) in [6.45, 7) is 4.12. The number of benzene rings is 1. The Morgan fingerprint density at radius 1 is 1.06 bits per heavy atom. The molecule has 2 saturated heterocycles. The summed E-state index contributed by atoms with van der Waals surface area (Å²) in [6, 6.07) is 8.28. The van der Waals surface area contributed by atoms with E-state index in [4.69, 9.17) is 12.2 Å². The maximum atomic E-state index is 13.5. The van der Waals surface area contributed by atoms with Gasteiger partial charge in [0.2, 0.25) is 0 Å². The molecule has 0 spiro atoms. The van der Waals surface area contributed by atoms with Gasteiger partial charge in [-0.1, -0.05) is 61.9 Å². The molecule has 1 aromatic heterocycles. The third kappa shape index (κ3) is 3.69. The van der Waals surface area contributed by atoms with E-state index >= 15 is 0 Å². The highest BCUT2D eigenvalue weighted by atomic mass is 32.2. The largest absolute Gasteiger partial charge is 0.370 e. The zero-order valence-corrected chi connectivity index (χ0v) is 20.3. The van der Waals surface area contributed by atoms with Crippen LogP contribution in [0.1, 0.15) is 51.0 Å². The van der Waals surface area contributed by atoms with Crippen molar-refractivity contribution in [1.29, 1.82) is 0 Å². The molecule has 0 N–H and O–H groups in total. The molecule has 168 valence electrons. The first-order valence-corrected chi connectivity index (χ1v) is 12.8. The van der Waals surface area contributed by atoms with E-state index < -0.39 is 0 Å². The number of hydrogen-bond donors (Lipinski definition) is 0. The van der Waals surface area contributed by atoms with Crippen molar-refractivity contribution >= 4 is 56.9 Å². The molecule has 5 rings (SSSR count). The van der Waals surface area contributed by atoms with E-state index in [2.05, 4.69) is 17.9 Å². The highest BCUT2D eigenvalue weighted by Crippen LogP contribution is 2.39. The molecule has 2 aliphatic heterocycles. The fourth-order valence-electron chi connectivity index (χ4n) is 5.29. The normalized spacial score (nSPS) is 22.1. The number of nitrogens with zero attached hydrogens (tertiary/aromatic N) is 3. The van der Waals surface area contributed by atoms with Gasteiger partial charge in [-0.3, -0.25) is 14.5 Å². The summed E-state index contributed by atoms with van der Waals surface area (Å²) in [4.78, 5) is 31.6. The fourth-order valence-corrected chi connectivity index (χ4v) is 6.68. The van der Waals surface area contributed by atoms with Crippen molar-refractivity contribution in [2.45, 2.75) is 51.5 Å². The van der Waals surface area contributed by atoms with Crippen LogP contribution in [0.15, 0.2) is 34.0 Å². The second-order valence-electron chi connectivity index (χ2n) is 9.30. The van der Waals surface area contributed by atoms with Crippen molar-refractivity contribution in [2.75, 3.05) is 18.0 Å². The number of hydrogen-bond acceptors (Lipinski definition) is 5. The first-order chi connectivity index (χ1) is 15.5. The predicted molar refractivity (Wildman–Crippen MR) is 137 cm³/mol. The molecule has 1 saturated carbocycles. The smallest absolute Gasteiger partial charge is 0.266 e. The van der Waals surface area contributed by atoms with Gasteiger partial charge >= 0.3 is 0 Å². The molecule has 1 amide bonds. The Morgan fingerprint density at radius 3 is 2.47 bits per heavy atom. The maximum absolute atomic E-state index is 13.5. The van der Waals surface area contributed by atoms with Crippen LogP contribution in [0, 0.1) is 5.92 Å². The SMILES string of the molecule is CC1CCN(c2c(C=C3SC(=S)N(C4CCCC4)C3=O)c(=O)n(C)c3ccccc23)CC1. The number of aromatic nitrogens is 1. The van der Waals surface area contributed by atoms with Crippen molar-refractivity contribution in [3.63, 3.8) is 0 Å². The molecular weight excluding hydrogens is 438 g/mol. The minimum absolute atomic E-state index is 0.0414. The van der Waals surface area contributed by atoms with E-state index in [0.717, 1.165) is 68.2 Å². The molecule has 5 nitrogen and oxygen atoms in total. The predicted octanol–water partition coefficient (Wildman–Crippen LogP) is 4.92. The van der Waals surface area contributed by atoms with Gasteiger partial charge in [-0.15, -0.1) is 0 Å². The maximum Gasteiger partial charge on any atom is 0.266 e. The number of para-hydroxylation sites is 1. The minimum atomic E-state index is -0.0662. The highest BCUT2D eigenvalue weighted by molar-refractivity contribution is 8.26. The summed E-state index contributed by atoms with van der Waals surface area (Å²) >= 11 is 6.93. The fraction of sp³-hybridized carbons (Fsp3) is 0.480. The lowest BCUT2D eigenvalue weighted by Crippen LogP contribution is -2.37. The van der Waals surface area contributed by atoms with Crippen LogP contribution in [0.2, 0.25) is 0 Å². The number of pyridine rings is 1. The monoisotopic (exact) mass is 467 g/mol. The molecule has 3 aliphatic rings. The highest BCUT2D eigenvalue weighted by Gasteiger charge is 2.38. The van der Waals surface area contributed by atoms with Gasteiger partial charge in [-0.05, 0) is 43.7 Å². The molecule has 0 unspecified atom stereocenters. The molecule has 1 aromatic carbocycles. The lowest BCUT2D eigenvalue weighted by molar-refractivity contribution is -0.123. The Morgan fingerprint density at radius 2 is 1.75 bits per heavy atom. The number of thiocarbonyl (C=S) groups is 1. The molecular formula is C25H29N3O2S2. The number of fused-ring (bicyclic) bond motifs is 1. The first-order valence-electron chi connectivity index (χ1n) is 11.6. The van der Waals surface area contributed by atoms with Gasteiger partial charge in [0.25, 0.3) is 11.5 Å². The second-order valence-corrected chi connectivity index (χ2v) is 11.0. The lowest BCUT2D eigenvalue weighted by Gasteiger charge is -2.34. The van der Waals surface area contributed by atoms with Crippen LogP contribution in [0.25, 0.3) is 17.0 Å². The number of aryl methyl sites for hydroxylation is 1. The second kappa shape index (κ2) is 8.67. The summed E-state index contributed by atoms with van der Waals surface area (Å²) in [5.74, 6) is 0.649. The van der Waals surface area contributed by atoms with Gasteiger partial charge in [0.1, 0.15) is 4.32 Å². The van der Waals surface area contributed by atoms with Gasteiger partial charge in [0.05, 0.1) is 21.7 Å². The van der Waals surface area contributed by atoms with E-state index in [0.29, 0.717) is 20.7 Å². The Hall–Kier alpha value is -2.12. The number of carbonyl (C=O) groups excluding carboxylic acids is 1. The summed E-state index contributed by atoms with van der Waals surface area (Å²) in [5, 5.41) is 1.06. The van der Waals surface area contributed by atoms with E-state index in [1.807, 2.05) is 31.3 Å². The van der Waals surface area contributed by atoms with Crippen molar-refractivity contribution in [3.8, 4) is 0 Å². The Balaban J connectivity index is 1.64. The van der Waals surface area contributed by atoms with Gasteiger partial charge < -0.3 is 9.47 Å². The quantitative estimate of drug-likeness (QED) is 0.474. The number of carbonyl (C=O) groups is 1. The van der Waals surface area contributed by atoms with Crippen LogP contribution in [-0.2, 0) is 11.8 Å². The number of anilines is 1. The van der Waals surface area contributed by atoms with Crippen LogP contribution in [0.5, 0.6) is 0 Å². The minimum Gasteiger partial charge on any atom is -0.370 e. The molecule has 0 bridgehead atoms. The number of amides is 1. The molecule has 0 radical (unpaired) electrons. The van der Waals surface area contributed by atoms with Crippen molar-refractivity contribution in [2.24, 2.45) is 13.0 Å². The third-order valence-electron chi connectivity index (χ3n) is 7.20. The average Bonchev–Trinajstić information content (AvgIpc) is 3.41. The van der Waals surface area contributed by atoms with Crippen LogP contribution in [0.3, 0.4) is 0 Å². The van der Waals surface area contributed by atoms with Crippen LogP contribution >= 0.6 is 24.0 Å². The van der Waals surface area contributed by atoms with E-state index in [1.165, 1.54) is 11.8 Å². The van der Waals surface area contributed by atoms with Crippen molar-refractivity contribution in [3.05, 3.63) is 45.1 Å². The first kappa shape index (κ1) is 21.7. The van der Waals surface area contributed by atoms with Gasteiger partial charge in [0, 0.05) is 31.6 Å². The number of rotatable bonds is 3. The Bertz CT molecular complexity index is 1170. The van der Waals surface area contributed by atoms with E-state index in [-0.39, 0.29) is 17.5 Å². The molecule has 7 heteroatoms. The topological polar surface area (TPSA) is 45.6 Å². The standard InChI is InChI=1S/C25H29N3O2S2/c1-16-11-13-27(14-12-16)22-18-9-5-6-10-20(18)26(2)23(29)19(22)15-21-24(30)28(25(31)32-21)17-7-3-4-8-17/h5-6,9-10,15-17H,3-4,7-8,11-14H2,1-2H3. The molecule has 2 aromatic rings. The number of thioether (sulfide) groups is 1.